The summed E-state index contributed by atoms with van der Waals surface area (Å²) in [6.07, 6.45) is 1.03. The number of amides is 2. The molecule has 2 aliphatic rings. The molecule has 2 saturated heterocycles. The topological polar surface area (TPSA) is 58.6 Å². The molecule has 2 aliphatic heterocycles. The van der Waals surface area contributed by atoms with E-state index in [0.717, 1.165) is 5.56 Å². The molecule has 1 unspecified atom stereocenters. The van der Waals surface area contributed by atoms with Crippen molar-refractivity contribution in [2.45, 2.75) is 25.4 Å². The van der Waals surface area contributed by atoms with E-state index in [1.165, 1.54) is 5.56 Å². The van der Waals surface area contributed by atoms with Gasteiger partial charge in [-0.2, -0.15) is 0 Å². The third-order valence-corrected chi connectivity index (χ3v) is 5.91. The molecule has 2 aromatic rings. The summed E-state index contributed by atoms with van der Waals surface area (Å²) in [4.78, 5) is 26.8. The van der Waals surface area contributed by atoms with Crippen LogP contribution in [0.3, 0.4) is 0 Å². The Morgan fingerprint density at radius 1 is 1.04 bits per heavy atom. The Morgan fingerprint density at radius 3 is 2.33 bits per heavy atom. The molecular weight excluding hydrogens is 340 g/mol. The van der Waals surface area contributed by atoms with Crippen molar-refractivity contribution < 1.29 is 14.3 Å². The van der Waals surface area contributed by atoms with Gasteiger partial charge in [-0.25, -0.2) is 4.79 Å². The predicted octanol–water partition coefficient (Wildman–Crippen LogP) is 3.32. The minimum atomic E-state index is -0.419. The van der Waals surface area contributed by atoms with Crippen molar-refractivity contribution in [2.75, 3.05) is 19.6 Å². The quantitative estimate of drug-likeness (QED) is 0.909. The highest BCUT2D eigenvalue weighted by molar-refractivity contribution is 5.87. The van der Waals surface area contributed by atoms with Crippen molar-refractivity contribution in [3.8, 4) is 0 Å². The van der Waals surface area contributed by atoms with Gasteiger partial charge in [0.05, 0.1) is 5.41 Å². The first-order valence-electron chi connectivity index (χ1n) is 9.48. The van der Waals surface area contributed by atoms with Gasteiger partial charge in [-0.05, 0) is 24.0 Å². The molecule has 1 N–H and O–H groups in total. The Bertz CT molecular complexity index is 799. The summed E-state index contributed by atoms with van der Waals surface area (Å²) in [6, 6.07) is 19.9. The van der Waals surface area contributed by atoms with Crippen LogP contribution >= 0.6 is 0 Å². The van der Waals surface area contributed by atoms with Crippen molar-refractivity contribution in [3.63, 3.8) is 0 Å². The normalized spacial score (nSPS) is 21.1. The number of benzene rings is 2. The Hall–Kier alpha value is -2.82. The summed E-state index contributed by atoms with van der Waals surface area (Å²) in [6.45, 7) is 2.03. The van der Waals surface area contributed by atoms with Gasteiger partial charge in [0, 0.05) is 25.6 Å². The monoisotopic (exact) mass is 364 g/mol. The summed E-state index contributed by atoms with van der Waals surface area (Å²) in [5.74, 6) is 0.280. The van der Waals surface area contributed by atoms with Crippen LogP contribution < -0.4 is 5.32 Å². The molecule has 1 spiro atoms. The minimum Gasteiger partial charge on any atom is -0.445 e. The molecule has 2 fully saturated rings. The number of hydrogen-bond donors (Lipinski definition) is 1. The van der Waals surface area contributed by atoms with E-state index in [0.29, 0.717) is 32.5 Å². The van der Waals surface area contributed by atoms with Crippen LogP contribution in [-0.2, 0) is 16.1 Å². The number of nitrogens with zero attached hydrogens (tertiary/aromatic N) is 1. The smallest absolute Gasteiger partial charge is 0.410 e. The Morgan fingerprint density at radius 2 is 1.67 bits per heavy atom. The first kappa shape index (κ1) is 17.6. The van der Waals surface area contributed by atoms with Gasteiger partial charge < -0.3 is 15.0 Å². The van der Waals surface area contributed by atoms with Gasteiger partial charge in [-0.1, -0.05) is 60.7 Å². The molecule has 0 saturated carbocycles. The van der Waals surface area contributed by atoms with Crippen molar-refractivity contribution in [3.05, 3.63) is 71.8 Å². The van der Waals surface area contributed by atoms with Crippen LogP contribution in [0.25, 0.3) is 0 Å². The van der Waals surface area contributed by atoms with Crippen molar-refractivity contribution in [1.29, 1.82) is 0 Å². The molecule has 140 valence electrons. The van der Waals surface area contributed by atoms with E-state index < -0.39 is 5.41 Å². The lowest BCUT2D eigenvalue weighted by molar-refractivity contribution is -0.130. The fourth-order valence-corrected chi connectivity index (χ4v) is 4.32. The summed E-state index contributed by atoms with van der Waals surface area (Å²) in [5, 5.41) is 3.05. The number of carbonyl (C=O) groups is 2. The van der Waals surface area contributed by atoms with E-state index in [-0.39, 0.29) is 24.5 Å². The van der Waals surface area contributed by atoms with E-state index >= 15 is 0 Å². The average Bonchev–Trinajstić information content (AvgIpc) is 3.04. The predicted molar refractivity (Wildman–Crippen MR) is 102 cm³/mol. The standard InChI is InChI=1S/C22H24N2O3/c25-20-22(19(15-23-20)18-9-5-2-6-10-18)11-13-24(14-12-22)21(26)27-16-17-7-3-1-4-8-17/h1-10,19H,11-16H2,(H,23,25). The van der Waals surface area contributed by atoms with Gasteiger partial charge in [0.1, 0.15) is 6.61 Å². The number of piperidine rings is 1. The van der Waals surface area contributed by atoms with Crippen molar-refractivity contribution in [1.82, 2.24) is 10.2 Å². The lowest BCUT2D eigenvalue weighted by atomic mass is 9.68. The lowest BCUT2D eigenvalue weighted by Gasteiger charge is -2.40. The molecule has 0 radical (unpaired) electrons. The molecule has 27 heavy (non-hydrogen) atoms. The summed E-state index contributed by atoms with van der Waals surface area (Å²) in [5.41, 5.74) is 1.74. The molecule has 4 rings (SSSR count). The van der Waals surface area contributed by atoms with Gasteiger partial charge in [0.25, 0.3) is 0 Å². The van der Waals surface area contributed by atoms with Gasteiger partial charge >= 0.3 is 6.09 Å². The number of ether oxygens (including phenoxy) is 1. The third kappa shape index (κ3) is 3.42. The van der Waals surface area contributed by atoms with Crippen molar-refractivity contribution in [2.24, 2.45) is 5.41 Å². The zero-order valence-electron chi connectivity index (χ0n) is 15.3. The maximum absolute atomic E-state index is 12.7. The maximum atomic E-state index is 12.7. The van der Waals surface area contributed by atoms with E-state index in [2.05, 4.69) is 17.4 Å². The number of hydrogen-bond acceptors (Lipinski definition) is 3. The lowest BCUT2D eigenvalue weighted by Crippen LogP contribution is -2.48. The van der Waals surface area contributed by atoms with Crippen LogP contribution in [0.5, 0.6) is 0 Å². The second-order valence-electron chi connectivity index (χ2n) is 7.36. The molecule has 2 aromatic carbocycles. The van der Waals surface area contributed by atoms with E-state index in [1.54, 1.807) is 4.90 Å². The third-order valence-electron chi connectivity index (χ3n) is 5.91. The van der Waals surface area contributed by atoms with E-state index in [4.69, 9.17) is 4.74 Å². The maximum Gasteiger partial charge on any atom is 0.410 e. The molecule has 0 aromatic heterocycles. The molecule has 5 nitrogen and oxygen atoms in total. The average molecular weight is 364 g/mol. The molecule has 0 bridgehead atoms. The molecule has 5 heteroatoms. The number of nitrogens with one attached hydrogen (secondary N) is 1. The van der Waals surface area contributed by atoms with Gasteiger partial charge in [0.2, 0.25) is 5.91 Å². The first-order valence-corrected chi connectivity index (χ1v) is 9.48. The Balaban J connectivity index is 1.40. The highest BCUT2D eigenvalue weighted by Crippen LogP contribution is 2.47. The fraction of sp³-hybridized carbons (Fsp3) is 0.364. The zero-order chi connectivity index (χ0) is 18.7. The molecule has 0 aliphatic carbocycles. The molecule has 1 atom stereocenters. The summed E-state index contributed by atoms with van der Waals surface area (Å²) < 4.78 is 5.44. The molecule has 2 heterocycles. The van der Waals surface area contributed by atoms with Gasteiger partial charge in [-0.15, -0.1) is 0 Å². The van der Waals surface area contributed by atoms with Gasteiger partial charge in [-0.3, -0.25) is 4.79 Å². The largest absolute Gasteiger partial charge is 0.445 e. The number of likely N-dealkylation sites (tertiary alicyclic amines) is 1. The SMILES string of the molecule is O=C(OCc1ccccc1)N1CCC2(CC1)C(=O)NCC2c1ccccc1. The summed E-state index contributed by atoms with van der Waals surface area (Å²) >= 11 is 0. The molecule has 2 amide bonds. The first-order chi connectivity index (χ1) is 13.2. The number of carbonyl (C=O) groups excluding carboxylic acids is 2. The fourth-order valence-electron chi connectivity index (χ4n) is 4.32. The van der Waals surface area contributed by atoms with Crippen molar-refractivity contribution >= 4 is 12.0 Å². The second-order valence-corrected chi connectivity index (χ2v) is 7.36. The number of rotatable bonds is 3. The summed E-state index contributed by atoms with van der Waals surface area (Å²) in [7, 11) is 0. The van der Waals surface area contributed by atoms with Crippen LogP contribution in [0.4, 0.5) is 4.79 Å². The Labute approximate surface area is 159 Å². The second kappa shape index (κ2) is 7.43. The van der Waals surface area contributed by atoms with Crippen LogP contribution in [0.15, 0.2) is 60.7 Å². The highest BCUT2D eigenvalue weighted by atomic mass is 16.6. The van der Waals surface area contributed by atoms with Crippen LogP contribution in [-0.4, -0.2) is 36.5 Å². The van der Waals surface area contributed by atoms with Gasteiger partial charge in [0.15, 0.2) is 0 Å². The van der Waals surface area contributed by atoms with Crippen LogP contribution in [0.2, 0.25) is 0 Å². The minimum absolute atomic E-state index is 0.119. The van der Waals surface area contributed by atoms with Crippen LogP contribution in [0, 0.1) is 5.41 Å². The Kier molecular flexibility index (Phi) is 4.84. The zero-order valence-corrected chi connectivity index (χ0v) is 15.3. The van der Waals surface area contributed by atoms with E-state index in [9.17, 15) is 9.59 Å². The highest BCUT2D eigenvalue weighted by Gasteiger charge is 2.52. The molecular formula is C22H24N2O3. The van der Waals surface area contributed by atoms with E-state index in [1.807, 2.05) is 48.5 Å². The van der Waals surface area contributed by atoms with Crippen LogP contribution in [0.1, 0.15) is 29.9 Å².